The van der Waals surface area contributed by atoms with Crippen LogP contribution in [0.2, 0.25) is 0 Å². The molecule has 0 aromatic carbocycles. The molecule has 3 nitrogen and oxygen atoms in total. The molecular formula is C12H23N3. The van der Waals surface area contributed by atoms with Crippen molar-refractivity contribution in [2.45, 2.75) is 51.5 Å². The molecule has 15 heavy (non-hydrogen) atoms. The fraction of sp³-hybridized carbons (Fsp3) is 0.750. The van der Waals surface area contributed by atoms with Crippen LogP contribution in [-0.2, 0) is 0 Å². The molecule has 0 unspecified atom stereocenters. The highest BCUT2D eigenvalue weighted by Crippen LogP contribution is 2.16. The predicted octanol–water partition coefficient (Wildman–Crippen LogP) is 2.19. The highest BCUT2D eigenvalue weighted by molar-refractivity contribution is 5.78. The zero-order chi connectivity index (χ0) is 10.9. The largest absolute Gasteiger partial charge is 0.370 e. The summed E-state index contributed by atoms with van der Waals surface area (Å²) >= 11 is 0. The number of allylic oxidation sites excluding steroid dienone is 1. The van der Waals surface area contributed by atoms with Crippen molar-refractivity contribution in [3.63, 3.8) is 0 Å². The summed E-state index contributed by atoms with van der Waals surface area (Å²) in [6.45, 7) is 2.81. The van der Waals surface area contributed by atoms with Crippen molar-refractivity contribution in [3.05, 3.63) is 12.2 Å². The van der Waals surface area contributed by atoms with Crippen LogP contribution in [0.5, 0.6) is 0 Å². The Bertz CT molecular complexity index is 215. The van der Waals surface area contributed by atoms with Gasteiger partial charge in [0.1, 0.15) is 0 Å². The van der Waals surface area contributed by atoms with Gasteiger partial charge in [0.2, 0.25) is 0 Å². The maximum atomic E-state index is 5.80. The molecule has 0 heterocycles. The Morgan fingerprint density at radius 2 is 2.13 bits per heavy atom. The van der Waals surface area contributed by atoms with Crippen LogP contribution in [0.3, 0.4) is 0 Å². The zero-order valence-corrected chi connectivity index (χ0v) is 9.71. The Morgan fingerprint density at radius 1 is 1.40 bits per heavy atom. The van der Waals surface area contributed by atoms with E-state index >= 15 is 0 Å². The Kier molecular flexibility index (Phi) is 5.90. The molecule has 0 radical (unpaired) electrons. The lowest BCUT2D eigenvalue weighted by Crippen LogP contribution is -2.41. The lowest BCUT2D eigenvalue weighted by Gasteiger charge is -2.23. The first kappa shape index (κ1) is 12.1. The summed E-state index contributed by atoms with van der Waals surface area (Å²) < 4.78 is 0. The molecule has 3 N–H and O–H groups in total. The summed E-state index contributed by atoms with van der Waals surface area (Å²) in [5.74, 6) is 0.617. The van der Waals surface area contributed by atoms with Crippen molar-refractivity contribution in [2.75, 3.05) is 6.54 Å². The maximum Gasteiger partial charge on any atom is 0.188 e. The molecule has 0 aromatic rings. The van der Waals surface area contributed by atoms with Crippen LogP contribution in [0, 0.1) is 0 Å². The van der Waals surface area contributed by atoms with E-state index in [4.69, 9.17) is 5.73 Å². The van der Waals surface area contributed by atoms with E-state index in [1.54, 1.807) is 0 Å². The topological polar surface area (TPSA) is 50.4 Å². The average Bonchev–Trinajstić information content (AvgIpc) is 2.26. The monoisotopic (exact) mass is 209 g/mol. The number of rotatable bonds is 4. The third-order valence-electron chi connectivity index (χ3n) is 2.77. The first-order valence-electron chi connectivity index (χ1n) is 6.00. The number of nitrogens with zero attached hydrogens (tertiary/aromatic N) is 1. The van der Waals surface area contributed by atoms with Gasteiger partial charge in [0.15, 0.2) is 5.96 Å². The lowest BCUT2D eigenvalue weighted by molar-refractivity contribution is 0.412. The molecule has 3 heteroatoms. The minimum atomic E-state index is 0.559. The predicted molar refractivity (Wildman–Crippen MR) is 65.9 cm³/mol. The standard InChI is InChI=1S/C12H23N3/c1-2-3-7-10-14-12(13)15-11-8-5-4-6-9-11/h2-3,11H,4-10H2,1H3,(H3,13,14,15)/b3-2+. The lowest BCUT2D eigenvalue weighted by atomic mass is 9.96. The Balaban J connectivity index is 2.17. The minimum absolute atomic E-state index is 0.559. The van der Waals surface area contributed by atoms with Crippen molar-refractivity contribution in [2.24, 2.45) is 10.7 Å². The first-order chi connectivity index (χ1) is 7.33. The second-order valence-corrected chi connectivity index (χ2v) is 4.10. The highest BCUT2D eigenvalue weighted by atomic mass is 15.1. The Labute approximate surface area is 92.8 Å². The van der Waals surface area contributed by atoms with Gasteiger partial charge in [-0.1, -0.05) is 31.4 Å². The molecule has 0 aliphatic heterocycles. The van der Waals surface area contributed by atoms with E-state index in [2.05, 4.69) is 16.4 Å². The van der Waals surface area contributed by atoms with Crippen LogP contribution in [0.15, 0.2) is 17.1 Å². The molecule has 1 saturated carbocycles. The van der Waals surface area contributed by atoms with Crippen molar-refractivity contribution in [1.82, 2.24) is 5.32 Å². The van der Waals surface area contributed by atoms with E-state index in [1.807, 2.05) is 13.0 Å². The summed E-state index contributed by atoms with van der Waals surface area (Å²) in [6.07, 6.45) is 11.6. The minimum Gasteiger partial charge on any atom is -0.370 e. The van der Waals surface area contributed by atoms with Gasteiger partial charge in [-0.15, -0.1) is 0 Å². The molecule has 86 valence electrons. The van der Waals surface area contributed by atoms with E-state index in [0.29, 0.717) is 12.0 Å². The van der Waals surface area contributed by atoms with Gasteiger partial charge in [-0.3, -0.25) is 4.99 Å². The maximum absolute atomic E-state index is 5.80. The number of hydrogen-bond donors (Lipinski definition) is 2. The summed E-state index contributed by atoms with van der Waals surface area (Å²) in [6, 6.07) is 0.559. The van der Waals surface area contributed by atoms with Crippen molar-refractivity contribution in [3.8, 4) is 0 Å². The van der Waals surface area contributed by atoms with Gasteiger partial charge in [0.25, 0.3) is 0 Å². The Morgan fingerprint density at radius 3 is 2.80 bits per heavy atom. The normalized spacial score (nSPS) is 19.7. The molecule has 1 aliphatic rings. The second-order valence-electron chi connectivity index (χ2n) is 4.10. The van der Waals surface area contributed by atoms with E-state index in [-0.39, 0.29) is 0 Å². The van der Waals surface area contributed by atoms with E-state index in [1.165, 1.54) is 32.1 Å². The van der Waals surface area contributed by atoms with Crippen LogP contribution in [-0.4, -0.2) is 18.5 Å². The van der Waals surface area contributed by atoms with Gasteiger partial charge in [-0.25, -0.2) is 0 Å². The van der Waals surface area contributed by atoms with Crippen molar-refractivity contribution in [1.29, 1.82) is 0 Å². The SMILES string of the molecule is C/C=C/CCN=C(N)NC1CCCCC1. The smallest absolute Gasteiger partial charge is 0.188 e. The molecule has 1 fully saturated rings. The molecule has 0 bridgehead atoms. The molecule has 0 atom stereocenters. The summed E-state index contributed by atoms with van der Waals surface area (Å²) in [5, 5.41) is 3.30. The van der Waals surface area contributed by atoms with Crippen LogP contribution >= 0.6 is 0 Å². The van der Waals surface area contributed by atoms with E-state index < -0.39 is 0 Å². The zero-order valence-electron chi connectivity index (χ0n) is 9.71. The van der Waals surface area contributed by atoms with E-state index in [0.717, 1.165) is 13.0 Å². The molecule has 1 aliphatic carbocycles. The average molecular weight is 209 g/mol. The number of nitrogens with two attached hydrogens (primary N) is 1. The Hall–Kier alpha value is -0.990. The molecule has 1 rings (SSSR count). The quantitative estimate of drug-likeness (QED) is 0.323. The first-order valence-corrected chi connectivity index (χ1v) is 6.00. The van der Waals surface area contributed by atoms with Crippen LogP contribution < -0.4 is 11.1 Å². The summed E-state index contributed by atoms with van der Waals surface area (Å²) in [5.41, 5.74) is 5.80. The number of aliphatic imine (C=N–C) groups is 1. The molecule has 0 amide bonds. The van der Waals surface area contributed by atoms with Crippen molar-refractivity contribution >= 4 is 5.96 Å². The fourth-order valence-corrected chi connectivity index (χ4v) is 1.93. The third kappa shape index (κ3) is 5.45. The van der Waals surface area contributed by atoms with Gasteiger partial charge < -0.3 is 11.1 Å². The van der Waals surface area contributed by atoms with Crippen molar-refractivity contribution < 1.29 is 0 Å². The van der Waals surface area contributed by atoms with Gasteiger partial charge in [0, 0.05) is 12.6 Å². The summed E-state index contributed by atoms with van der Waals surface area (Å²) in [7, 11) is 0. The van der Waals surface area contributed by atoms with Crippen LogP contribution in [0.25, 0.3) is 0 Å². The summed E-state index contributed by atoms with van der Waals surface area (Å²) in [4.78, 5) is 4.29. The van der Waals surface area contributed by atoms with Gasteiger partial charge in [-0.2, -0.15) is 0 Å². The van der Waals surface area contributed by atoms with Gasteiger partial charge >= 0.3 is 0 Å². The molecule has 0 spiro atoms. The number of guanidine groups is 1. The molecular weight excluding hydrogens is 186 g/mol. The van der Waals surface area contributed by atoms with E-state index in [9.17, 15) is 0 Å². The number of nitrogens with one attached hydrogen (secondary N) is 1. The third-order valence-corrected chi connectivity index (χ3v) is 2.77. The van der Waals surface area contributed by atoms with Gasteiger partial charge in [0.05, 0.1) is 0 Å². The number of hydrogen-bond acceptors (Lipinski definition) is 1. The second kappa shape index (κ2) is 7.32. The molecule has 0 aromatic heterocycles. The van der Waals surface area contributed by atoms with Gasteiger partial charge in [-0.05, 0) is 26.2 Å². The molecule has 0 saturated heterocycles. The fourth-order valence-electron chi connectivity index (χ4n) is 1.93. The highest BCUT2D eigenvalue weighted by Gasteiger charge is 2.12. The van der Waals surface area contributed by atoms with Crippen LogP contribution in [0.1, 0.15) is 45.4 Å². The van der Waals surface area contributed by atoms with Crippen LogP contribution in [0.4, 0.5) is 0 Å².